The third-order valence-electron chi connectivity index (χ3n) is 23.2. The minimum atomic E-state index is 1.24. The van der Waals surface area contributed by atoms with Crippen LogP contribution in [-0.2, 0) is 28.2 Å². The maximum absolute atomic E-state index is 2.37. The van der Waals surface area contributed by atoms with Gasteiger partial charge in [0.1, 0.15) is 28.2 Å². The predicted molar refractivity (Wildman–Crippen MR) is 491 cm³/mol. The number of benzene rings is 12. The highest BCUT2D eigenvalue weighted by Crippen LogP contribution is 2.40. The van der Waals surface area contributed by atoms with Gasteiger partial charge in [0.05, 0.1) is 0 Å². The fourth-order valence-corrected chi connectivity index (χ4v) is 17.0. The molecular weight excluding hydrogens is 1400 g/mol. The number of hydrogen-bond acceptors (Lipinski definition) is 0. The maximum Gasteiger partial charge on any atom is 0.213 e. The molecule has 4 nitrogen and oxygen atoms in total. The van der Waals surface area contributed by atoms with Gasteiger partial charge in [0.25, 0.3) is 0 Å². The molecule has 4 heteroatoms. The molecule has 0 aliphatic heterocycles. The number of pyridine rings is 4. The van der Waals surface area contributed by atoms with E-state index in [9.17, 15) is 0 Å². The van der Waals surface area contributed by atoms with Crippen molar-refractivity contribution < 1.29 is 18.3 Å². The Hall–Kier alpha value is -12.8. The molecule has 0 atom stereocenters. The average molecular weight is 1510 g/mol. The first-order valence-corrected chi connectivity index (χ1v) is 40.7. The summed E-state index contributed by atoms with van der Waals surface area (Å²) >= 11 is 0. The first kappa shape index (κ1) is 81.3. The average Bonchev–Trinajstić information content (AvgIpc) is 0.793. The summed E-state index contributed by atoms with van der Waals surface area (Å²) in [6.07, 6.45) is 9.01. The van der Waals surface area contributed by atoms with E-state index >= 15 is 0 Å². The van der Waals surface area contributed by atoms with Crippen molar-refractivity contribution in [3.63, 3.8) is 0 Å². The first-order valence-electron chi connectivity index (χ1n) is 40.7. The van der Waals surface area contributed by atoms with E-state index in [1.54, 1.807) is 0 Å². The van der Waals surface area contributed by atoms with Crippen molar-refractivity contribution in [2.45, 2.75) is 111 Å². The molecular formula is C112H112N4+4. The molecule has 0 radical (unpaired) electrons. The molecule has 0 fully saturated rings. The zero-order valence-electron chi connectivity index (χ0n) is 71.8. The summed E-state index contributed by atoms with van der Waals surface area (Å²) in [5.74, 6) is 0. The van der Waals surface area contributed by atoms with Gasteiger partial charge in [-0.2, -0.15) is 0 Å². The van der Waals surface area contributed by atoms with Gasteiger partial charge in [-0.1, -0.05) is 254 Å². The molecule has 16 rings (SSSR count). The summed E-state index contributed by atoms with van der Waals surface area (Å²) in [5.41, 5.74) is 51.5. The fourth-order valence-electron chi connectivity index (χ4n) is 17.0. The second-order valence-corrected chi connectivity index (χ2v) is 32.2. The molecule has 0 spiro atoms. The fraction of sp³-hybridized carbons (Fsp3) is 0.179. The van der Waals surface area contributed by atoms with Crippen LogP contribution in [0.15, 0.2) is 316 Å². The van der Waals surface area contributed by atoms with Gasteiger partial charge in [0.15, 0.2) is 24.8 Å². The lowest BCUT2D eigenvalue weighted by Gasteiger charge is -2.15. The molecule has 0 aliphatic rings. The van der Waals surface area contributed by atoms with Gasteiger partial charge in [-0.25, -0.2) is 18.3 Å². The number of aryl methyl sites for hydroxylation is 20. The van der Waals surface area contributed by atoms with Gasteiger partial charge < -0.3 is 0 Å². The highest BCUT2D eigenvalue weighted by molar-refractivity contribution is 5.84. The summed E-state index contributed by atoms with van der Waals surface area (Å²) in [6, 6.07) is 105. The molecule has 4 aromatic heterocycles. The predicted octanol–water partition coefficient (Wildman–Crippen LogP) is 27.0. The second kappa shape index (κ2) is 35.7. The molecule has 0 saturated heterocycles. The van der Waals surface area contributed by atoms with Crippen LogP contribution >= 0.6 is 0 Å². The van der Waals surface area contributed by atoms with Gasteiger partial charge in [0, 0.05) is 68.8 Å². The number of hydrogen-bond donors (Lipinski definition) is 0. The minimum Gasteiger partial charge on any atom is -0.201 e. The summed E-state index contributed by atoms with van der Waals surface area (Å²) in [5, 5.41) is 0. The lowest BCUT2D eigenvalue weighted by Crippen LogP contribution is -2.31. The summed E-state index contributed by atoms with van der Waals surface area (Å²) < 4.78 is 9.01. The lowest BCUT2D eigenvalue weighted by atomic mass is 9.90. The van der Waals surface area contributed by atoms with Crippen LogP contribution in [0.4, 0.5) is 0 Å². The first-order chi connectivity index (χ1) is 55.8. The number of aromatic nitrogens is 4. The van der Waals surface area contributed by atoms with Crippen LogP contribution in [0.1, 0.15) is 89.0 Å². The van der Waals surface area contributed by atoms with E-state index in [0.29, 0.717) is 0 Å². The molecule has 0 aliphatic carbocycles. The summed E-state index contributed by atoms with van der Waals surface area (Å²) in [4.78, 5) is 0. The minimum absolute atomic E-state index is 1.24. The summed E-state index contributed by atoms with van der Waals surface area (Å²) in [6.45, 7) is 35.2. The van der Waals surface area contributed by atoms with E-state index in [2.05, 4.69) is 473 Å². The standard InChI is InChI=1S/C29H30N.2C28H28N.C27H26N/c1-19-14-21(3)29(22(4)15-19)27-17-28(30(6)18-23(27)5)26-16-25(13-12-20(26)2)24-10-8-7-9-11-24;1-19-14-15-24(23-12-7-6-8-13-23)16-25(19)27-17-26(22(4)18-29(27)5)28-20(2)10-9-11-21(28)3;1-19-11-14-25(21(3)15-19)26-17-28(29(5)18-22(26)4)27-16-24(13-12-20(27)2)23-9-7-6-8-10-23;1-19-10-8-9-13-24(19)25-17-27(28(4)18-21(25)3)26-16-23(15-14-20(26)2)22-11-6-5-7-12-22/h7-18H,1-6H3;2*6-18H,1-5H3;5-18H,1-4H3/q4*+1. The topological polar surface area (TPSA) is 15.5 Å². The van der Waals surface area contributed by atoms with Gasteiger partial charge in [-0.15, -0.1) is 0 Å². The van der Waals surface area contributed by atoms with Crippen molar-refractivity contribution in [2.75, 3.05) is 0 Å². The zero-order chi connectivity index (χ0) is 82.2. The Morgan fingerprint density at radius 1 is 0.147 bits per heavy atom. The SMILES string of the molecule is Cc1c[n+](C)c(-c2cc(-c3ccccc3)ccc2C)cc1-c1c(C)cccc1C.Cc1cc(C)c(-c2cc(-c3cc(-c4ccccc4)ccc3C)[n+](C)cc2C)c(C)c1.Cc1ccc(-c2cc(-c3cc(-c4ccccc4)ccc3C)[n+](C)cc2C)c(C)c1.Cc1ccccc1-c1cc(-c2cc(-c3ccccc3)ccc2C)[n+](C)cc1C. The van der Waals surface area contributed by atoms with Crippen molar-refractivity contribution in [3.8, 4) is 134 Å². The Kier molecular flexibility index (Phi) is 25.0. The van der Waals surface area contributed by atoms with E-state index in [1.165, 1.54) is 223 Å². The molecule has 4 heterocycles. The van der Waals surface area contributed by atoms with Crippen molar-refractivity contribution in [1.82, 2.24) is 0 Å². The maximum atomic E-state index is 2.37. The highest BCUT2D eigenvalue weighted by Gasteiger charge is 2.25. The van der Waals surface area contributed by atoms with Crippen LogP contribution in [0.2, 0.25) is 0 Å². The van der Waals surface area contributed by atoms with E-state index in [0.717, 1.165) is 0 Å². The van der Waals surface area contributed by atoms with Crippen molar-refractivity contribution in [2.24, 2.45) is 28.2 Å². The molecule has 12 aromatic carbocycles. The molecule has 0 N–H and O–H groups in total. The molecule has 0 unspecified atom stereocenters. The molecule has 116 heavy (non-hydrogen) atoms. The smallest absolute Gasteiger partial charge is 0.201 e. The second-order valence-electron chi connectivity index (χ2n) is 32.2. The van der Waals surface area contributed by atoms with Crippen LogP contribution in [0.3, 0.4) is 0 Å². The molecule has 0 saturated carbocycles. The van der Waals surface area contributed by atoms with Crippen LogP contribution in [-0.4, -0.2) is 0 Å². The van der Waals surface area contributed by atoms with Crippen LogP contribution in [0, 0.1) is 111 Å². The van der Waals surface area contributed by atoms with E-state index in [4.69, 9.17) is 0 Å². The molecule has 16 aromatic rings. The number of nitrogens with zero attached hydrogens (tertiary/aromatic N) is 4. The Balaban J connectivity index is 0.000000135. The van der Waals surface area contributed by atoms with Crippen LogP contribution in [0.25, 0.3) is 134 Å². The van der Waals surface area contributed by atoms with Gasteiger partial charge >= 0.3 is 0 Å². The Bertz CT molecular complexity index is 6240. The lowest BCUT2D eigenvalue weighted by molar-refractivity contribution is -0.660. The van der Waals surface area contributed by atoms with E-state index < -0.39 is 0 Å². The monoisotopic (exact) mass is 1510 g/mol. The van der Waals surface area contributed by atoms with Crippen molar-refractivity contribution in [3.05, 3.63) is 405 Å². The van der Waals surface area contributed by atoms with Gasteiger partial charge in [-0.05, 0) is 280 Å². The van der Waals surface area contributed by atoms with Crippen molar-refractivity contribution >= 4 is 0 Å². The third-order valence-corrected chi connectivity index (χ3v) is 23.2. The Morgan fingerprint density at radius 2 is 0.405 bits per heavy atom. The Morgan fingerprint density at radius 3 is 0.724 bits per heavy atom. The van der Waals surface area contributed by atoms with Gasteiger partial charge in [-0.3, -0.25) is 0 Å². The van der Waals surface area contributed by atoms with Crippen LogP contribution in [0.5, 0.6) is 0 Å². The zero-order valence-corrected chi connectivity index (χ0v) is 71.8. The quantitative estimate of drug-likeness (QED) is 0.108. The molecule has 0 amide bonds. The van der Waals surface area contributed by atoms with Crippen LogP contribution < -0.4 is 18.3 Å². The largest absolute Gasteiger partial charge is 0.213 e. The summed E-state index contributed by atoms with van der Waals surface area (Å²) in [7, 11) is 8.57. The molecule has 576 valence electrons. The van der Waals surface area contributed by atoms with E-state index in [1.807, 2.05) is 0 Å². The van der Waals surface area contributed by atoms with E-state index in [-0.39, 0.29) is 0 Å². The molecule has 0 bridgehead atoms. The third kappa shape index (κ3) is 18.1. The highest BCUT2D eigenvalue weighted by atomic mass is 14.9. The van der Waals surface area contributed by atoms with Crippen molar-refractivity contribution in [1.29, 1.82) is 0 Å². The number of rotatable bonds is 12. The van der Waals surface area contributed by atoms with Gasteiger partial charge in [0.2, 0.25) is 22.8 Å². The normalized spacial score (nSPS) is 10.9. The Labute approximate surface area is 691 Å².